The van der Waals surface area contributed by atoms with Crippen LogP contribution in [0.15, 0.2) is 42.7 Å². The Morgan fingerprint density at radius 1 is 0.962 bits per heavy atom. The van der Waals surface area contributed by atoms with E-state index in [1.807, 2.05) is 11.5 Å². The normalized spacial score (nSPS) is 12.9. The first-order chi connectivity index (χ1) is 12.6. The molecule has 4 nitrogen and oxygen atoms in total. The Balaban J connectivity index is 1.78. The molecule has 0 bridgehead atoms. The third-order valence-corrected chi connectivity index (χ3v) is 4.94. The van der Waals surface area contributed by atoms with Gasteiger partial charge in [0.2, 0.25) is 0 Å². The summed E-state index contributed by atoms with van der Waals surface area (Å²) in [6.45, 7) is 1.85. The maximum absolute atomic E-state index is 15.1. The second-order valence-corrected chi connectivity index (χ2v) is 6.48. The average Bonchev–Trinajstić information content (AvgIpc) is 3.02. The molecule has 0 amide bonds. The maximum atomic E-state index is 15.1. The van der Waals surface area contributed by atoms with Crippen molar-refractivity contribution in [2.45, 2.75) is 19.8 Å². The molecule has 2 aromatic heterocycles. The number of aromatic nitrogens is 4. The van der Waals surface area contributed by atoms with Crippen molar-refractivity contribution in [1.82, 2.24) is 19.7 Å². The fourth-order valence-corrected chi connectivity index (χ4v) is 3.74. The molecule has 26 heavy (non-hydrogen) atoms. The molecule has 0 spiro atoms. The van der Waals surface area contributed by atoms with Crippen molar-refractivity contribution < 1.29 is 8.78 Å². The van der Waals surface area contributed by atoms with E-state index in [0.717, 1.165) is 35.7 Å². The highest BCUT2D eigenvalue weighted by atomic mass is 19.1. The van der Waals surface area contributed by atoms with Gasteiger partial charge in [-0.25, -0.2) is 8.78 Å². The van der Waals surface area contributed by atoms with Crippen LogP contribution in [-0.2, 0) is 12.8 Å². The third kappa shape index (κ3) is 2.08. The first-order valence-corrected chi connectivity index (χ1v) is 8.40. The minimum atomic E-state index is -0.415. The Morgan fingerprint density at radius 3 is 2.73 bits per heavy atom. The second-order valence-electron chi connectivity index (χ2n) is 6.48. The molecule has 0 atom stereocenters. The Kier molecular flexibility index (Phi) is 3.16. The predicted molar refractivity (Wildman–Crippen MR) is 94.2 cm³/mol. The molecular weight excluding hydrogens is 334 g/mol. The number of benzene rings is 2. The molecule has 0 radical (unpaired) electrons. The van der Waals surface area contributed by atoms with E-state index in [1.54, 1.807) is 24.4 Å². The van der Waals surface area contributed by atoms with Crippen LogP contribution >= 0.6 is 0 Å². The van der Waals surface area contributed by atoms with Gasteiger partial charge in [0.25, 0.3) is 0 Å². The van der Waals surface area contributed by atoms with Gasteiger partial charge in [-0.05, 0) is 37.1 Å². The van der Waals surface area contributed by atoms with Gasteiger partial charge in [0.05, 0.1) is 5.69 Å². The van der Waals surface area contributed by atoms with Gasteiger partial charge in [-0.1, -0.05) is 12.1 Å². The molecule has 0 N–H and O–H groups in total. The van der Waals surface area contributed by atoms with Gasteiger partial charge in [0, 0.05) is 40.7 Å². The van der Waals surface area contributed by atoms with Crippen LogP contribution in [0.4, 0.5) is 8.78 Å². The summed E-state index contributed by atoms with van der Waals surface area (Å²) in [4.78, 5) is 4.17. The highest BCUT2D eigenvalue weighted by molar-refractivity contribution is 5.96. The lowest BCUT2D eigenvalue weighted by atomic mass is 9.94. The van der Waals surface area contributed by atoms with E-state index in [9.17, 15) is 4.39 Å². The highest BCUT2D eigenvalue weighted by Crippen LogP contribution is 2.35. The summed E-state index contributed by atoms with van der Waals surface area (Å²) in [5, 5.41) is 9.28. The van der Waals surface area contributed by atoms with Crippen molar-refractivity contribution in [1.29, 1.82) is 0 Å². The van der Waals surface area contributed by atoms with Crippen LogP contribution in [0.1, 0.15) is 17.2 Å². The van der Waals surface area contributed by atoms with E-state index in [-0.39, 0.29) is 5.82 Å². The van der Waals surface area contributed by atoms with Crippen molar-refractivity contribution in [3.8, 4) is 16.8 Å². The number of hydrogen-bond donors (Lipinski definition) is 0. The minimum Gasteiger partial charge on any atom is -0.283 e. The summed E-state index contributed by atoms with van der Waals surface area (Å²) in [6.07, 6.45) is 4.59. The quantitative estimate of drug-likeness (QED) is 0.519. The smallest absolute Gasteiger partial charge is 0.137 e. The fourth-order valence-electron chi connectivity index (χ4n) is 3.74. The van der Waals surface area contributed by atoms with Crippen molar-refractivity contribution in [2.24, 2.45) is 0 Å². The molecule has 3 heterocycles. The Hall–Kier alpha value is -3.15. The standard InChI is InChI=1S/C20H14F2N4/c1-11-24-25-19-6-5-12-7-14(17(22)8-18(12)26(11)19)15-10-23-9-13-3-2-4-16(21)20(13)15/h2-4,7-10H,5-6H2,1H3. The molecule has 0 saturated heterocycles. The summed E-state index contributed by atoms with van der Waals surface area (Å²) >= 11 is 0. The molecule has 0 saturated carbocycles. The van der Waals surface area contributed by atoms with Crippen LogP contribution in [0.5, 0.6) is 0 Å². The average molecular weight is 348 g/mol. The molecule has 0 fully saturated rings. The van der Waals surface area contributed by atoms with Crippen molar-refractivity contribution in [2.75, 3.05) is 0 Å². The molecule has 1 aliphatic heterocycles. The van der Waals surface area contributed by atoms with E-state index in [0.29, 0.717) is 21.9 Å². The van der Waals surface area contributed by atoms with Crippen LogP contribution in [-0.4, -0.2) is 19.7 Å². The molecule has 2 aromatic carbocycles. The van der Waals surface area contributed by atoms with Crippen molar-refractivity contribution in [3.05, 3.63) is 71.6 Å². The van der Waals surface area contributed by atoms with Crippen LogP contribution in [0, 0.1) is 18.6 Å². The van der Waals surface area contributed by atoms with Crippen LogP contribution in [0.3, 0.4) is 0 Å². The zero-order valence-electron chi connectivity index (χ0n) is 14.0. The van der Waals surface area contributed by atoms with Gasteiger partial charge in [0.15, 0.2) is 0 Å². The fraction of sp³-hybridized carbons (Fsp3) is 0.150. The largest absolute Gasteiger partial charge is 0.283 e. The number of fused-ring (bicyclic) bond motifs is 4. The summed E-state index contributed by atoms with van der Waals surface area (Å²) in [5.41, 5.74) is 2.57. The minimum absolute atomic E-state index is 0.362. The van der Waals surface area contributed by atoms with Crippen LogP contribution in [0.2, 0.25) is 0 Å². The molecule has 128 valence electrons. The molecule has 6 heteroatoms. The van der Waals surface area contributed by atoms with E-state index in [2.05, 4.69) is 15.2 Å². The number of nitrogens with zero attached hydrogens (tertiary/aromatic N) is 4. The van der Waals surface area contributed by atoms with Gasteiger partial charge in [-0.2, -0.15) is 0 Å². The van der Waals surface area contributed by atoms with Crippen molar-refractivity contribution in [3.63, 3.8) is 0 Å². The zero-order valence-corrected chi connectivity index (χ0v) is 14.0. The number of halogens is 2. The molecule has 4 aromatic rings. The van der Waals surface area contributed by atoms with Gasteiger partial charge in [-0.3, -0.25) is 9.55 Å². The summed E-state index contributed by atoms with van der Waals surface area (Å²) in [6, 6.07) is 8.08. The highest BCUT2D eigenvalue weighted by Gasteiger charge is 2.23. The first kappa shape index (κ1) is 15.1. The van der Waals surface area contributed by atoms with Crippen LogP contribution in [0.25, 0.3) is 27.6 Å². The Labute approximate surface area is 148 Å². The second kappa shape index (κ2) is 5.42. The van der Waals surface area contributed by atoms with Crippen molar-refractivity contribution >= 4 is 10.8 Å². The van der Waals surface area contributed by atoms with Gasteiger partial charge < -0.3 is 0 Å². The van der Waals surface area contributed by atoms with Crippen LogP contribution < -0.4 is 0 Å². The lowest BCUT2D eigenvalue weighted by molar-refractivity contribution is 0.625. The van der Waals surface area contributed by atoms with Gasteiger partial charge in [0.1, 0.15) is 23.3 Å². The number of aryl methyl sites for hydroxylation is 3. The molecule has 1 aliphatic rings. The Bertz CT molecular complexity index is 1170. The maximum Gasteiger partial charge on any atom is 0.137 e. The van der Waals surface area contributed by atoms with E-state index >= 15 is 4.39 Å². The lowest BCUT2D eigenvalue weighted by Gasteiger charge is -2.20. The molecule has 0 aliphatic carbocycles. The van der Waals surface area contributed by atoms with E-state index < -0.39 is 5.82 Å². The first-order valence-electron chi connectivity index (χ1n) is 8.40. The Morgan fingerprint density at radius 2 is 1.85 bits per heavy atom. The van der Waals surface area contributed by atoms with E-state index in [1.165, 1.54) is 18.3 Å². The topological polar surface area (TPSA) is 43.6 Å². The molecule has 5 rings (SSSR count). The lowest BCUT2D eigenvalue weighted by Crippen LogP contribution is -2.14. The number of pyridine rings is 1. The monoisotopic (exact) mass is 348 g/mol. The summed E-state index contributed by atoms with van der Waals surface area (Å²) < 4.78 is 31.4. The molecule has 0 unspecified atom stereocenters. The summed E-state index contributed by atoms with van der Waals surface area (Å²) in [7, 11) is 0. The summed E-state index contributed by atoms with van der Waals surface area (Å²) in [5.74, 6) is 0.766. The van der Waals surface area contributed by atoms with E-state index in [4.69, 9.17) is 0 Å². The SMILES string of the molecule is Cc1nnc2n1-c1cc(F)c(-c3cncc4cccc(F)c34)cc1CC2. The number of hydrogen-bond acceptors (Lipinski definition) is 3. The predicted octanol–water partition coefficient (Wildman–Crippen LogP) is 4.17. The van der Waals surface area contributed by atoms with Gasteiger partial charge >= 0.3 is 0 Å². The number of rotatable bonds is 1. The third-order valence-electron chi connectivity index (χ3n) is 4.94. The van der Waals surface area contributed by atoms with Gasteiger partial charge in [-0.15, -0.1) is 10.2 Å². The molecular formula is C20H14F2N4. The zero-order chi connectivity index (χ0) is 17.8.